The van der Waals surface area contributed by atoms with E-state index in [0.717, 1.165) is 11.1 Å². The average Bonchev–Trinajstić information content (AvgIpc) is 2.97. The highest BCUT2D eigenvalue weighted by Gasteiger charge is 2.05. The first kappa shape index (κ1) is 14.0. The number of hydrazine groups is 1. The molecule has 2 aromatic rings. The SMILES string of the molecule is Cc1cccc(/C=C/C(=O)NNC(=O)c2cccs2)c1. The number of rotatable bonds is 3. The molecule has 2 amide bonds. The number of hydrogen-bond donors (Lipinski definition) is 2. The Morgan fingerprint density at radius 3 is 2.70 bits per heavy atom. The number of thiophene rings is 1. The van der Waals surface area contributed by atoms with Gasteiger partial charge >= 0.3 is 0 Å². The van der Waals surface area contributed by atoms with Gasteiger partial charge in [0.05, 0.1) is 4.88 Å². The van der Waals surface area contributed by atoms with Crippen LogP contribution >= 0.6 is 11.3 Å². The molecule has 20 heavy (non-hydrogen) atoms. The predicted octanol–water partition coefficient (Wildman–Crippen LogP) is 2.53. The van der Waals surface area contributed by atoms with Gasteiger partial charge < -0.3 is 0 Å². The number of benzene rings is 1. The summed E-state index contributed by atoms with van der Waals surface area (Å²) in [4.78, 5) is 23.7. The number of amides is 2. The van der Waals surface area contributed by atoms with E-state index in [2.05, 4.69) is 10.9 Å². The summed E-state index contributed by atoms with van der Waals surface area (Å²) in [6.45, 7) is 1.98. The fraction of sp³-hybridized carbons (Fsp3) is 0.0667. The smallest absolute Gasteiger partial charge is 0.268 e. The molecule has 0 fully saturated rings. The Morgan fingerprint density at radius 1 is 1.15 bits per heavy atom. The van der Waals surface area contributed by atoms with E-state index in [1.54, 1.807) is 23.6 Å². The molecule has 1 heterocycles. The van der Waals surface area contributed by atoms with Crippen molar-refractivity contribution < 1.29 is 9.59 Å². The number of carbonyl (C=O) groups excluding carboxylic acids is 2. The molecule has 0 atom stereocenters. The van der Waals surface area contributed by atoms with Gasteiger partial charge in [0.2, 0.25) is 0 Å². The molecule has 0 radical (unpaired) electrons. The largest absolute Gasteiger partial charge is 0.279 e. The summed E-state index contributed by atoms with van der Waals surface area (Å²) < 4.78 is 0. The quantitative estimate of drug-likeness (QED) is 0.673. The molecule has 0 saturated carbocycles. The lowest BCUT2D eigenvalue weighted by Crippen LogP contribution is -2.40. The molecule has 4 nitrogen and oxygen atoms in total. The van der Waals surface area contributed by atoms with Gasteiger partial charge in [-0.1, -0.05) is 35.9 Å². The highest BCUT2D eigenvalue weighted by molar-refractivity contribution is 7.12. The van der Waals surface area contributed by atoms with Gasteiger partial charge in [0.1, 0.15) is 0 Å². The van der Waals surface area contributed by atoms with Gasteiger partial charge in [0.15, 0.2) is 0 Å². The molecular formula is C15H14N2O2S. The molecule has 102 valence electrons. The van der Waals surface area contributed by atoms with Gasteiger partial charge in [-0.25, -0.2) is 0 Å². The van der Waals surface area contributed by atoms with Crippen molar-refractivity contribution >= 4 is 29.2 Å². The lowest BCUT2D eigenvalue weighted by Gasteiger charge is -2.03. The third kappa shape index (κ3) is 4.07. The van der Waals surface area contributed by atoms with Gasteiger partial charge in [-0.2, -0.15) is 0 Å². The van der Waals surface area contributed by atoms with Gasteiger partial charge in [-0.3, -0.25) is 20.4 Å². The summed E-state index contributed by atoms with van der Waals surface area (Å²) in [5.41, 5.74) is 6.75. The van der Waals surface area contributed by atoms with Crippen molar-refractivity contribution in [1.29, 1.82) is 0 Å². The van der Waals surface area contributed by atoms with E-state index in [-0.39, 0.29) is 11.8 Å². The van der Waals surface area contributed by atoms with Gasteiger partial charge in [-0.15, -0.1) is 11.3 Å². The normalized spacial score (nSPS) is 10.4. The maximum atomic E-state index is 11.6. The third-order valence-corrected chi connectivity index (χ3v) is 3.38. The topological polar surface area (TPSA) is 58.2 Å². The molecule has 0 saturated heterocycles. The fourth-order valence-corrected chi connectivity index (χ4v) is 2.19. The van der Waals surface area contributed by atoms with Crippen LogP contribution in [-0.2, 0) is 4.79 Å². The lowest BCUT2D eigenvalue weighted by atomic mass is 10.1. The molecule has 0 aliphatic rings. The zero-order chi connectivity index (χ0) is 14.4. The van der Waals surface area contributed by atoms with Crippen molar-refractivity contribution in [2.75, 3.05) is 0 Å². The van der Waals surface area contributed by atoms with Crippen LogP contribution in [0.15, 0.2) is 47.9 Å². The Labute approximate surface area is 121 Å². The first-order valence-corrected chi connectivity index (χ1v) is 6.92. The van der Waals surface area contributed by atoms with Crippen molar-refractivity contribution in [2.24, 2.45) is 0 Å². The molecule has 1 aromatic heterocycles. The lowest BCUT2D eigenvalue weighted by molar-refractivity contribution is -0.117. The van der Waals surface area contributed by atoms with E-state index in [4.69, 9.17) is 0 Å². The van der Waals surface area contributed by atoms with Crippen LogP contribution in [0.3, 0.4) is 0 Å². The fourth-order valence-electron chi connectivity index (χ4n) is 1.58. The molecule has 0 aliphatic carbocycles. The van der Waals surface area contributed by atoms with E-state index in [1.165, 1.54) is 17.4 Å². The second kappa shape index (κ2) is 6.68. The summed E-state index contributed by atoms with van der Waals surface area (Å²) >= 11 is 1.31. The molecule has 2 rings (SSSR count). The molecule has 0 unspecified atom stereocenters. The van der Waals surface area contributed by atoms with Gasteiger partial charge in [0, 0.05) is 6.08 Å². The monoisotopic (exact) mass is 286 g/mol. The van der Waals surface area contributed by atoms with Crippen molar-refractivity contribution in [2.45, 2.75) is 6.92 Å². The highest BCUT2D eigenvalue weighted by Crippen LogP contribution is 2.07. The second-order valence-electron chi connectivity index (χ2n) is 4.17. The first-order valence-electron chi connectivity index (χ1n) is 6.04. The molecule has 1 aromatic carbocycles. The summed E-state index contributed by atoms with van der Waals surface area (Å²) in [7, 11) is 0. The van der Waals surface area contributed by atoms with E-state index in [9.17, 15) is 9.59 Å². The standard InChI is InChI=1S/C15H14N2O2S/c1-11-4-2-5-12(10-11)7-8-14(18)16-17-15(19)13-6-3-9-20-13/h2-10H,1H3,(H,16,18)(H,17,19)/b8-7+. The minimum absolute atomic E-state index is 0.322. The van der Waals surface area contributed by atoms with Crippen LogP contribution in [0.1, 0.15) is 20.8 Å². The number of nitrogens with one attached hydrogen (secondary N) is 2. The Bertz CT molecular complexity index is 633. The molecule has 0 aliphatic heterocycles. The van der Waals surface area contributed by atoms with Crippen molar-refractivity contribution in [3.8, 4) is 0 Å². The van der Waals surface area contributed by atoms with Crippen LogP contribution in [-0.4, -0.2) is 11.8 Å². The first-order chi connectivity index (χ1) is 9.65. The minimum atomic E-state index is -0.378. The number of carbonyl (C=O) groups is 2. The van der Waals surface area contributed by atoms with Gasteiger partial charge in [0.25, 0.3) is 11.8 Å². The van der Waals surface area contributed by atoms with Crippen LogP contribution in [0.25, 0.3) is 6.08 Å². The number of hydrogen-bond acceptors (Lipinski definition) is 3. The third-order valence-electron chi connectivity index (χ3n) is 2.51. The average molecular weight is 286 g/mol. The van der Waals surface area contributed by atoms with Crippen LogP contribution < -0.4 is 10.9 Å². The Hall–Kier alpha value is -2.40. The van der Waals surface area contributed by atoms with Crippen LogP contribution in [0.2, 0.25) is 0 Å². The zero-order valence-corrected chi connectivity index (χ0v) is 11.7. The second-order valence-corrected chi connectivity index (χ2v) is 5.12. The van der Waals surface area contributed by atoms with Crippen LogP contribution in [0, 0.1) is 6.92 Å². The Balaban J connectivity index is 1.85. The summed E-state index contributed by atoms with van der Waals surface area (Å²) in [6.07, 6.45) is 3.07. The van der Waals surface area contributed by atoms with Gasteiger partial charge in [-0.05, 0) is 30.0 Å². The summed E-state index contributed by atoms with van der Waals surface area (Å²) in [5, 5.41) is 1.80. The van der Waals surface area contributed by atoms with Crippen molar-refractivity contribution in [1.82, 2.24) is 10.9 Å². The summed E-state index contributed by atoms with van der Waals surface area (Å²) in [5.74, 6) is -0.700. The number of aryl methyl sites for hydroxylation is 1. The zero-order valence-electron chi connectivity index (χ0n) is 10.9. The maximum Gasteiger partial charge on any atom is 0.279 e. The predicted molar refractivity (Wildman–Crippen MR) is 80.1 cm³/mol. The molecule has 5 heteroatoms. The van der Waals surface area contributed by atoms with E-state index in [1.807, 2.05) is 31.2 Å². The van der Waals surface area contributed by atoms with E-state index in [0.29, 0.717) is 4.88 Å². The molecule has 2 N–H and O–H groups in total. The molecule has 0 bridgehead atoms. The van der Waals surface area contributed by atoms with Crippen molar-refractivity contribution in [3.05, 3.63) is 63.9 Å². The molecule has 0 spiro atoms. The molecular weight excluding hydrogens is 272 g/mol. The summed E-state index contributed by atoms with van der Waals surface area (Å²) in [6, 6.07) is 11.2. The minimum Gasteiger partial charge on any atom is -0.268 e. The Kier molecular flexibility index (Phi) is 4.68. The van der Waals surface area contributed by atoms with E-state index >= 15 is 0 Å². The maximum absolute atomic E-state index is 11.6. The van der Waals surface area contributed by atoms with Crippen molar-refractivity contribution in [3.63, 3.8) is 0 Å². The Morgan fingerprint density at radius 2 is 2.00 bits per heavy atom. The van der Waals surface area contributed by atoms with Crippen LogP contribution in [0.5, 0.6) is 0 Å². The highest BCUT2D eigenvalue weighted by atomic mass is 32.1. The van der Waals surface area contributed by atoms with Crippen LogP contribution in [0.4, 0.5) is 0 Å². The van der Waals surface area contributed by atoms with E-state index < -0.39 is 0 Å².